The van der Waals surface area contributed by atoms with E-state index in [2.05, 4.69) is 13.2 Å². The van der Waals surface area contributed by atoms with Crippen LogP contribution < -0.4 is 0 Å². The molecule has 4 aliphatic carbocycles. The fourth-order valence-electron chi connectivity index (χ4n) is 4.83. The Hall–Kier alpha value is -1.09. The minimum Gasteiger partial charge on any atom is -0.456 e. The molecule has 116 valence electrons. The highest BCUT2D eigenvalue weighted by Gasteiger charge is 2.53. The quantitative estimate of drug-likeness (QED) is 0.425. The van der Waals surface area contributed by atoms with Crippen molar-refractivity contribution in [3.8, 4) is 0 Å². The first-order valence-corrected chi connectivity index (χ1v) is 8.09. The third-order valence-corrected chi connectivity index (χ3v) is 5.20. The summed E-state index contributed by atoms with van der Waals surface area (Å²) in [6.07, 6.45) is 7.22. The number of esters is 1. The summed E-state index contributed by atoms with van der Waals surface area (Å²) in [5, 5.41) is 0. The number of carbonyl (C=O) groups is 1. The van der Waals surface area contributed by atoms with Crippen molar-refractivity contribution in [3.05, 3.63) is 24.3 Å². The van der Waals surface area contributed by atoms with Crippen LogP contribution >= 0.6 is 0 Å². The molecule has 0 aliphatic heterocycles. The lowest BCUT2D eigenvalue weighted by molar-refractivity contribution is -0.182. The topological polar surface area (TPSA) is 35.5 Å². The zero-order chi connectivity index (χ0) is 15.0. The van der Waals surface area contributed by atoms with Crippen LogP contribution in [-0.4, -0.2) is 24.8 Å². The molecule has 4 aliphatic rings. The van der Waals surface area contributed by atoms with Gasteiger partial charge in [-0.25, -0.2) is 4.79 Å². The maximum atomic E-state index is 12.3. The summed E-state index contributed by atoms with van der Waals surface area (Å²) in [4.78, 5) is 12.3. The summed E-state index contributed by atoms with van der Waals surface area (Å²) >= 11 is 0. The van der Waals surface area contributed by atoms with E-state index >= 15 is 0 Å². The van der Waals surface area contributed by atoms with E-state index in [1.165, 1.54) is 19.3 Å². The fraction of sp³-hybridized carbons (Fsp3) is 0.722. The van der Waals surface area contributed by atoms with Gasteiger partial charge in [-0.1, -0.05) is 18.7 Å². The Morgan fingerprint density at radius 1 is 1.05 bits per heavy atom. The van der Waals surface area contributed by atoms with Crippen molar-refractivity contribution in [1.82, 2.24) is 0 Å². The Labute approximate surface area is 127 Å². The predicted octanol–water partition coefficient (Wildman–Crippen LogP) is 3.65. The molecule has 3 heteroatoms. The molecule has 0 amide bonds. The molecule has 0 unspecified atom stereocenters. The molecular formula is C18H26O3. The van der Waals surface area contributed by atoms with Gasteiger partial charge in [-0.15, -0.1) is 0 Å². The Balaban J connectivity index is 1.55. The maximum absolute atomic E-state index is 12.3. The molecule has 0 spiro atoms. The normalized spacial score (nSPS) is 36.5. The highest BCUT2D eigenvalue weighted by Crippen LogP contribution is 2.57. The minimum atomic E-state index is -0.265. The Bertz CT molecular complexity index is 428. The molecule has 4 fully saturated rings. The van der Waals surface area contributed by atoms with Crippen molar-refractivity contribution >= 4 is 5.97 Å². The number of hydrogen-bond acceptors (Lipinski definition) is 3. The lowest BCUT2D eigenvalue weighted by atomic mass is 9.54. The zero-order valence-electron chi connectivity index (χ0n) is 13.0. The summed E-state index contributed by atoms with van der Waals surface area (Å²) in [6.45, 7) is 10.2. The van der Waals surface area contributed by atoms with E-state index in [1.807, 2.05) is 6.92 Å². The average molecular weight is 290 g/mol. The number of hydrogen-bond donors (Lipinski definition) is 0. The Morgan fingerprint density at radius 3 is 2.05 bits per heavy atom. The first kappa shape index (κ1) is 14.8. The van der Waals surface area contributed by atoms with E-state index in [-0.39, 0.29) is 18.2 Å². The Kier molecular flexibility index (Phi) is 3.96. The lowest BCUT2D eigenvalue weighted by Crippen LogP contribution is -2.52. The molecule has 4 bridgehead atoms. The van der Waals surface area contributed by atoms with Crippen LogP contribution in [0.3, 0.4) is 0 Å². The van der Waals surface area contributed by atoms with Gasteiger partial charge >= 0.3 is 5.97 Å². The van der Waals surface area contributed by atoms with Gasteiger partial charge in [0.15, 0.2) is 0 Å². The smallest absolute Gasteiger partial charge is 0.336 e. The van der Waals surface area contributed by atoms with Crippen molar-refractivity contribution < 1.29 is 14.3 Å². The number of rotatable bonds is 6. The van der Waals surface area contributed by atoms with E-state index < -0.39 is 0 Å². The largest absolute Gasteiger partial charge is 0.456 e. The second-order valence-electron chi connectivity index (χ2n) is 7.54. The molecule has 0 aromatic carbocycles. The van der Waals surface area contributed by atoms with Crippen LogP contribution in [0.5, 0.6) is 0 Å². The van der Waals surface area contributed by atoms with Gasteiger partial charge in [-0.3, -0.25) is 0 Å². The first-order chi connectivity index (χ1) is 9.96. The van der Waals surface area contributed by atoms with Crippen molar-refractivity contribution in [1.29, 1.82) is 0 Å². The van der Waals surface area contributed by atoms with Crippen LogP contribution in [0.15, 0.2) is 24.3 Å². The van der Waals surface area contributed by atoms with Crippen LogP contribution in [0, 0.1) is 17.8 Å². The monoisotopic (exact) mass is 290 g/mol. The summed E-state index contributed by atoms with van der Waals surface area (Å²) < 4.78 is 11.3. The van der Waals surface area contributed by atoms with Crippen LogP contribution in [0.4, 0.5) is 0 Å². The molecule has 0 N–H and O–H groups in total. The number of carbonyl (C=O) groups excluding carboxylic acids is 1. The standard InChI is InChI=1S/C18H26O3/c1-12(2)10-20-11-13(3)17(19)21-18-7-14-4-15(8-18)6-16(5-14)9-18/h14-16H,1,3-11H2,2H3. The molecular weight excluding hydrogens is 264 g/mol. The summed E-state index contributed by atoms with van der Waals surface area (Å²) in [6, 6.07) is 0. The molecule has 0 radical (unpaired) electrons. The highest BCUT2D eigenvalue weighted by molar-refractivity contribution is 5.88. The van der Waals surface area contributed by atoms with Gasteiger partial charge in [0.1, 0.15) is 5.60 Å². The van der Waals surface area contributed by atoms with Crippen molar-refractivity contribution in [2.75, 3.05) is 13.2 Å². The van der Waals surface area contributed by atoms with E-state index in [1.54, 1.807) is 0 Å². The van der Waals surface area contributed by atoms with E-state index in [0.29, 0.717) is 12.2 Å². The lowest BCUT2D eigenvalue weighted by Gasteiger charge is -2.55. The van der Waals surface area contributed by atoms with Crippen molar-refractivity contribution in [2.45, 2.75) is 51.0 Å². The molecule has 0 aromatic rings. The van der Waals surface area contributed by atoms with Gasteiger partial charge in [0.05, 0.1) is 18.8 Å². The molecule has 0 atom stereocenters. The van der Waals surface area contributed by atoms with Crippen LogP contribution in [0.25, 0.3) is 0 Å². The number of ether oxygens (including phenoxy) is 2. The van der Waals surface area contributed by atoms with Gasteiger partial charge < -0.3 is 9.47 Å². The second kappa shape index (κ2) is 5.60. The van der Waals surface area contributed by atoms with E-state index in [4.69, 9.17) is 9.47 Å². The summed E-state index contributed by atoms with van der Waals surface area (Å²) in [5.74, 6) is 2.06. The van der Waals surface area contributed by atoms with Crippen molar-refractivity contribution in [2.24, 2.45) is 17.8 Å². The summed E-state index contributed by atoms with van der Waals surface area (Å²) in [5.41, 5.74) is 1.17. The van der Waals surface area contributed by atoms with E-state index in [0.717, 1.165) is 42.6 Å². The van der Waals surface area contributed by atoms with Gasteiger partial charge in [0.2, 0.25) is 0 Å². The van der Waals surface area contributed by atoms with Crippen molar-refractivity contribution in [3.63, 3.8) is 0 Å². The molecule has 0 heterocycles. The SMILES string of the molecule is C=C(C)COCC(=C)C(=O)OC12CC3CC(CC(C3)C1)C2. The molecule has 0 saturated heterocycles. The van der Waals surface area contributed by atoms with Crippen LogP contribution in [0.2, 0.25) is 0 Å². The third-order valence-electron chi connectivity index (χ3n) is 5.20. The zero-order valence-corrected chi connectivity index (χ0v) is 13.0. The first-order valence-electron chi connectivity index (χ1n) is 8.09. The highest BCUT2D eigenvalue weighted by atomic mass is 16.6. The van der Waals surface area contributed by atoms with Gasteiger partial charge in [-0.2, -0.15) is 0 Å². The molecule has 4 saturated carbocycles. The second-order valence-corrected chi connectivity index (χ2v) is 7.54. The van der Waals surface area contributed by atoms with Crippen LogP contribution in [-0.2, 0) is 14.3 Å². The third kappa shape index (κ3) is 3.23. The van der Waals surface area contributed by atoms with Gasteiger partial charge in [0.25, 0.3) is 0 Å². The van der Waals surface area contributed by atoms with Crippen LogP contribution in [0.1, 0.15) is 45.4 Å². The maximum Gasteiger partial charge on any atom is 0.336 e. The summed E-state index contributed by atoms with van der Waals surface area (Å²) in [7, 11) is 0. The molecule has 0 aromatic heterocycles. The minimum absolute atomic E-state index is 0.191. The molecule has 3 nitrogen and oxygen atoms in total. The van der Waals surface area contributed by atoms with E-state index in [9.17, 15) is 4.79 Å². The average Bonchev–Trinajstić information content (AvgIpc) is 2.35. The molecule has 4 rings (SSSR count). The Morgan fingerprint density at radius 2 is 1.57 bits per heavy atom. The van der Waals surface area contributed by atoms with Gasteiger partial charge in [-0.05, 0) is 63.2 Å². The predicted molar refractivity (Wildman–Crippen MR) is 81.8 cm³/mol. The van der Waals surface area contributed by atoms with Gasteiger partial charge in [0, 0.05) is 0 Å². The fourth-order valence-corrected chi connectivity index (χ4v) is 4.83. The molecule has 21 heavy (non-hydrogen) atoms.